The molecule has 100 valence electrons. The summed E-state index contributed by atoms with van der Waals surface area (Å²) in [4.78, 5) is 25.8. The second-order valence-corrected chi connectivity index (χ2v) is 5.06. The summed E-state index contributed by atoms with van der Waals surface area (Å²) in [6.07, 6.45) is 2.57. The number of pyridine rings is 1. The SMILES string of the molecule is N#Cc1cc2c([nH]c1=O)CCC(NC(=O)CCS)C2. The summed E-state index contributed by atoms with van der Waals surface area (Å²) in [6.45, 7) is 0. The first-order valence-corrected chi connectivity index (χ1v) is 6.82. The maximum atomic E-state index is 11.5. The molecule has 19 heavy (non-hydrogen) atoms. The minimum atomic E-state index is -0.334. The molecule has 0 aromatic carbocycles. The van der Waals surface area contributed by atoms with Crippen molar-refractivity contribution in [3.63, 3.8) is 0 Å². The van der Waals surface area contributed by atoms with Gasteiger partial charge >= 0.3 is 0 Å². The summed E-state index contributed by atoms with van der Waals surface area (Å²) < 4.78 is 0. The number of aromatic nitrogens is 1. The van der Waals surface area contributed by atoms with E-state index in [1.807, 2.05) is 6.07 Å². The van der Waals surface area contributed by atoms with E-state index in [4.69, 9.17) is 5.26 Å². The summed E-state index contributed by atoms with van der Waals surface area (Å²) in [5.41, 5.74) is 1.61. The number of amides is 1. The molecule has 6 heteroatoms. The van der Waals surface area contributed by atoms with Gasteiger partial charge in [0.1, 0.15) is 11.6 Å². The minimum Gasteiger partial charge on any atom is -0.353 e. The van der Waals surface area contributed by atoms with Crippen LogP contribution in [0, 0.1) is 11.3 Å². The van der Waals surface area contributed by atoms with Gasteiger partial charge in [-0.3, -0.25) is 9.59 Å². The largest absolute Gasteiger partial charge is 0.353 e. The number of carbonyl (C=O) groups excluding carboxylic acids is 1. The van der Waals surface area contributed by atoms with Gasteiger partial charge in [-0.15, -0.1) is 0 Å². The van der Waals surface area contributed by atoms with Crippen LogP contribution < -0.4 is 10.9 Å². The molecule has 1 unspecified atom stereocenters. The van der Waals surface area contributed by atoms with Crippen LogP contribution in [0.3, 0.4) is 0 Å². The molecule has 5 nitrogen and oxygen atoms in total. The van der Waals surface area contributed by atoms with Crippen LogP contribution >= 0.6 is 12.6 Å². The monoisotopic (exact) mass is 277 g/mol. The van der Waals surface area contributed by atoms with Crippen molar-refractivity contribution in [3.05, 3.63) is 33.2 Å². The van der Waals surface area contributed by atoms with Gasteiger partial charge in [0.05, 0.1) is 0 Å². The Morgan fingerprint density at radius 1 is 1.63 bits per heavy atom. The molecule has 2 N–H and O–H groups in total. The van der Waals surface area contributed by atoms with Crippen molar-refractivity contribution in [1.82, 2.24) is 10.3 Å². The fraction of sp³-hybridized carbons (Fsp3) is 0.462. The zero-order valence-corrected chi connectivity index (χ0v) is 11.3. The van der Waals surface area contributed by atoms with Gasteiger partial charge in [0.25, 0.3) is 5.56 Å². The van der Waals surface area contributed by atoms with Crippen molar-refractivity contribution < 1.29 is 4.79 Å². The van der Waals surface area contributed by atoms with E-state index in [0.29, 0.717) is 25.0 Å². The van der Waals surface area contributed by atoms with Crippen molar-refractivity contribution in [2.45, 2.75) is 31.7 Å². The van der Waals surface area contributed by atoms with Crippen molar-refractivity contribution in [1.29, 1.82) is 5.26 Å². The highest BCUT2D eigenvalue weighted by atomic mass is 32.1. The zero-order chi connectivity index (χ0) is 13.8. The Labute approximate surface area is 116 Å². The molecule has 0 saturated carbocycles. The molecule has 0 saturated heterocycles. The predicted molar refractivity (Wildman–Crippen MR) is 74.2 cm³/mol. The van der Waals surface area contributed by atoms with Gasteiger partial charge in [0.15, 0.2) is 0 Å². The van der Waals surface area contributed by atoms with Crippen LogP contribution in [-0.4, -0.2) is 22.7 Å². The highest BCUT2D eigenvalue weighted by Gasteiger charge is 2.21. The molecule has 1 aliphatic carbocycles. The van der Waals surface area contributed by atoms with Gasteiger partial charge in [0, 0.05) is 18.2 Å². The Morgan fingerprint density at radius 3 is 3.11 bits per heavy atom. The predicted octanol–water partition coefficient (Wildman–Crippen LogP) is 0.540. The topological polar surface area (TPSA) is 85.8 Å². The molecule has 0 bridgehead atoms. The number of fused-ring (bicyclic) bond motifs is 1. The minimum absolute atomic E-state index is 0.00613. The second-order valence-electron chi connectivity index (χ2n) is 4.61. The molecule has 1 amide bonds. The van der Waals surface area contributed by atoms with Crippen molar-refractivity contribution in [2.24, 2.45) is 0 Å². The van der Waals surface area contributed by atoms with Gasteiger partial charge < -0.3 is 10.3 Å². The van der Waals surface area contributed by atoms with E-state index < -0.39 is 0 Å². The third-order valence-electron chi connectivity index (χ3n) is 3.25. The fourth-order valence-corrected chi connectivity index (χ4v) is 2.51. The fourth-order valence-electron chi connectivity index (χ4n) is 2.31. The molecule has 1 aromatic heterocycles. The lowest BCUT2D eigenvalue weighted by Crippen LogP contribution is -2.39. The number of aryl methyl sites for hydroxylation is 1. The summed E-state index contributed by atoms with van der Waals surface area (Å²) in [6, 6.07) is 3.58. The van der Waals surface area contributed by atoms with Crippen LogP contribution in [0.4, 0.5) is 0 Å². The normalized spacial score (nSPS) is 17.4. The van der Waals surface area contributed by atoms with Crippen LogP contribution in [0.1, 0.15) is 29.7 Å². The molecule has 2 rings (SSSR count). The molecular weight excluding hydrogens is 262 g/mol. The van der Waals surface area contributed by atoms with Crippen LogP contribution in [-0.2, 0) is 17.6 Å². The number of rotatable bonds is 3. The lowest BCUT2D eigenvalue weighted by molar-refractivity contribution is -0.121. The van der Waals surface area contributed by atoms with Crippen molar-refractivity contribution >= 4 is 18.5 Å². The van der Waals surface area contributed by atoms with E-state index in [-0.39, 0.29) is 23.1 Å². The number of carbonyl (C=O) groups is 1. The average molecular weight is 277 g/mol. The van der Waals surface area contributed by atoms with Gasteiger partial charge in [0.2, 0.25) is 5.91 Å². The standard InChI is InChI=1S/C13H15N3O2S/c14-7-9-5-8-6-10(15-12(17)3-4-19)1-2-11(8)16-13(9)18/h5,10,19H,1-4,6H2,(H,15,17)(H,16,18). The molecule has 1 aromatic rings. The molecule has 0 fully saturated rings. The quantitative estimate of drug-likeness (QED) is 0.705. The van der Waals surface area contributed by atoms with Gasteiger partial charge in [-0.05, 0) is 36.6 Å². The number of nitriles is 1. The first-order chi connectivity index (χ1) is 9.13. The van der Waals surface area contributed by atoms with E-state index in [0.717, 1.165) is 17.7 Å². The van der Waals surface area contributed by atoms with Crippen LogP contribution in [0.2, 0.25) is 0 Å². The lowest BCUT2D eigenvalue weighted by Gasteiger charge is -2.25. The average Bonchev–Trinajstić information content (AvgIpc) is 2.38. The number of aromatic amines is 1. The maximum absolute atomic E-state index is 11.5. The number of H-pyrrole nitrogens is 1. The van der Waals surface area contributed by atoms with Crippen LogP contribution in [0.15, 0.2) is 10.9 Å². The number of nitrogens with zero attached hydrogens (tertiary/aromatic N) is 1. The van der Waals surface area contributed by atoms with Crippen molar-refractivity contribution in [3.8, 4) is 6.07 Å². The third kappa shape index (κ3) is 3.18. The maximum Gasteiger partial charge on any atom is 0.266 e. The lowest BCUT2D eigenvalue weighted by atomic mass is 9.91. The Bertz CT molecular complexity index is 589. The molecule has 1 aliphatic rings. The summed E-state index contributed by atoms with van der Waals surface area (Å²) >= 11 is 4.02. The Morgan fingerprint density at radius 2 is 2.42 bits per heavy atom. The second kappa shape index (κ2) is 5.93. The first kappa shape index (κ1) is 13.7. The van der Waals surface area contributed by atoms with E-state index in [9.17, 15) is 9.59 Å². The van der Waals surface area contributed by atoms with Gasteiger partial charge in [-0.25, -0.2) is 0 Å². The number of hydrogen-bond donors (Lipinski definition) is 3. The molecule has 1 atom stereocenters. The first-order valence-electron chi connectivity index (χ1n) is 6.19. The molecule has 1 heterocycles. The van der Waals surface area contributed by atoms with Crippen molar-refractivity contribution in [2.75, 3.05) is 5.75 Å². The van der Waals surface area contributed by atoms with E-state index >= 15 is 0 Å². The smallest absolute Gasteiger partial charge is 0.266 e. The molecular formula is C13H15N3O2S. The third-order valence-corrected chi connectivity index (χ3v) is 3.47. The van der Waals surface area contributed by atoms with Crippen LogP contribution in [0.5, 0.6) is 0 Å². The highest BCUT2D eigenvalue weighted by Crippen LogP contribution is 2.19. The van der Waals surface area contributed by atoms with E-state index in [1.54, 1.807) is 6.07 Å². The van der Waals surface area contributed by atoms with E-state index in [2.05, 4.69) is 22.9 Å². The van der Waals surface area contributed by atoms with Gasteiger partial charge in [-0.1, -0.05) is 0 Å². The molecule has 0 aliphatic heterocycles. The van der Waals surface area contributed by atoms with E-state index in [1.165, 1.54) is 0 Å². The summed E-state index contributed by atoms with van der Waals surface area (Å²) in [5.74, 6) is 0.523. The summed E-state index contributed by atoms with van der Waals surface area (Å²) in [7, 11) is 0. The number of hydrogen-bond acceptors (Lipinski definition) is 4. The van der Waals surface area contributed by atoms with Gasteiger partial charge in [-0.2, -0.15) is 17.9 Å². The Hall–Kier alpha value is -1.74. The number of nitrogens with one attached hydrogen (secondary N) is 2. The Kier molecular flexibility index (Phi) is 4.27. The molecule has 0 radical (unpaired) electrons. The zero-order valence-electron chi connectivity index (χ0n) is 10.4. The molecule has 0 spiro atoms. The van der Waals surface area contributed by atoms with Crippen LogP contribution in [0.25, 0.3) is 0 Å². The number of thiol groups is 1. The summed E-state index contributed by atoms with van der Waals surface area (Å²) in [5, 5.41) is 11.8. The highest BCUT2D eigenvalue weighted by molar-refractivity contribution is 7.80. The Balaban J connectivity index is 2.13.